The van der Waals surface area contributed by atoms with Crippen molar-refractivity contribution in [3.8, 4) is 0 Å². The van der Waals surface area contributed by atoms with Crippen molar-refractivity contribution in [3.05, 3.63) is 57.8 Å². The van der Waals surface area contributed by atoms with Gasteiger partial charge in [0.25, 0.3) is 0 Å². The molecule has 2 aromatic rings. The van der Waals surface area contributed by atoms with Gasteiger partial charge in [0.1, 0.15) is 0 Å². The van der Waals surface area contributed by atoms with Crippen molar-refractivity contribution < 1.29 is 23.9 Å². The summed E-state index contributed by atoms with van der Waals surface area (Å²) >= 11 is 0. The highest BCUT2D eigenvalue weighted by Gasteiger charge is 2.26. The van der Waals surface area contributed by atoms with E-state index in [2.05, 4.69) is 4.98 Å². The van der Waals surface area contributed by atoms with E-state index in [1.54, 1.807) is 13.8 Å². The van der Waals surface area contributed by atoms with Crippen LogP contribution in [0.1, 0.15) is 56.3 Å². The molecule has 0 spiro atoms. The summed E-state index contributed by atoms with van der Waals surface area (Å²) in [5, 5.41) is 11.0. The summed E-state index contributed by atoms with van der Waals surface area (Å²) in [6.07, 6.45) is 1.30. The molecule has 2 aromatic heterocycles. The summed E-state index contributed by atoms with van der Waals surface area (Å²) < 4.78 is 5.69. The number of pyridine rings is 1. The Morgan fingerprint density at radius 2 is 1.79 bits per heavy atom. The molecule has 0 unspecified atom stereocenters. The molecule has 0 saturated carbocycles. The van der Waals surface area contributed by atoms with Gasteiger partial charge >= 0.3 is 5.97 Å². The van der Waals surface area contributed by atoms with Gasteiger partial charge in [0.15, 0.2) is 24.3 Å². The van der Waals surface area contributed by atoms with E-state index < -0.39 is 17.9 Å². The molecular weight excluding hydrogens is 312 g/mol. The lowest BCUT2D eigenvalue weighted by molar-refractivity contribution is -0.605. The lowest BCUT2D eigenvalue weighted by atomic mass is 10.0. The van der Waals surface area contributed by atoms with E-state index in [9.17, 15) is 19.6 Å². The fourth-order valence-electron chi connectivity index (χ4n) is 2.56. The number of hydrogen-bond acceptors (Lipinski definition) is 5. The van der Waals surface area contributed by atoms with Gasteiger partial charge in [-0.2, -0.15) is 4.73 Å². The van der Waals surface area contributed by atoms with E-state index in [1.165, 1.54) is 38.4 Å². The number of H-pyrrole nitrogens is 1. The van der Waals surface area contributed by atoms with Crippen molar-refractivity contribution in [2.45, 2.75) is 33.8 Å². The molecule has 0 aromatic carbocycles. The SMILES string of the molecule is CC(=O)c1c(C)[nH]c(C(=O)[C@@H](C)OC(=O)c2cc[n+]([O-])cc2)c1C. The standard InChI is InChI=1S/C17H18N2O5/c1-9-14(11(3)20)10(2)18-15(9)16(21)12(4)24-17(22)13-5-7-19(23)8-6-13/h5-8,12,18H,1-4H3/t12-/m1/s1. The van der Waals surface area contributed by atoms with Crippen molar-refractivity contribution in [1.82, 2.24) is 4.98 Å². The quantitative estimate of drug-likeness (QED) is 0.390. The Morgan fingerprint density at radius 1 is 1.21 bits per heavy atom. The van der Waals surface area contributed by atoms with Gasteiger partial charge in [-0.3, -0.25) is 9.59 Å². The summed E-state index contributed by atoms with van der Waals surface area (Å²) in [6.45, 7) is 6.27. The van der Waals surface area contributed by atoms with Crippen LogP contribution in [0.2, 0.25) is 0 Å². The van der Waals surface area contributed by atoms with E-state index in [0.717, 1.165) is 0 Å². The van der Waals surface area contributed by atoms with Crippen LogP contribution >= 0.6 is 0 Å². The molecular formula is C17H18N2O5. The molecule has 0 radical (unpaired) electrons. The maximum Gasteiger partial charge on any atom is 0.339 e. The first kappa shape index (κ1) is 17.4. The van der Waals surface area contributed by atoms with Crippen molar-refractivity contribution >= 4 is 17.5 Å². The minimum atomic E-state index is -1.03. The van der Waals surface area contributed by atoms with Crippen LogP contribution in [0.5, 0.6) is 0 Å². The Morgan fingerprint density at radius 3 is 2.29 bits per heavy atom. The van der Waals surface area contributed by atoms with Gasteiger partial charge in [0, 0.05) is 23.4 Å². The zero-order valence-corrected chi connectivity index (χ0v) is 13.9. The van der Waals surface area contributed by atoms with Gasteiger partial charge in [-0.25, -0.2) is 4.79 Å². The highest BCUT2D eigenvalue weighted by molar-refractivity contribution is 6.05. The van der Waals surface area contributed by atoms with Crippen LogP contribution in [0.4, 0.5) is 0 Å². The number of nitrogens with zero attached hydrogens (tertiary/aromatic N) is 1. The van der Waals surface area contributed by atoms with Crippen LogP contribution in [0.25, 0.3) is 0 Å². The molecule has 2 heterocycles. The average molecular weight is 330 g/mol. The molecule has 0 aliphatic rings. The van der Waals surface area contributed by atoms with Crippen LogP contribution in [-0.2, 0) is 4.74 Å². The minimum Gasteiger partial charge on any atom is -0.619 e. The molecule has 0 aliphatic heterocycles. The van der Waals surface area contributed by atoms with Crippen LogP contribution in [0.3, 0.4) is 0 Å². The average Bonchev–Trinajstić information content (AvgIpc) is 2.81. The normalized spacial score (nSPS) is 11.8. The fraction of sp³-hybridized carbons (Fsp3) is 0.294. The number of esters is 1. The zero-order valence-electron chi connectivity index (χ0n) is 13.9. The number of carbonyl (C=O) groups is 3. The Bertz CT molecular complexity index is 805. The summed E-state index contributed by atoms with van der Waals surface area (Å²) in [7, 11) is 0. The molecule has 2 rings (SSSR count). The van der Waals surface area contributed by atoms with Gasteiger partial charge in [-0.1, -0.05) is 0 Å². The van der Waals surface area contributed by atoms with Gasteiger partial charge in [0.05, 0.1) is 11.3 Å². The largest absolute Gasteiger partial charge is 0.619 e. The van der Waals surface area contributed by atoms with E-state index in [0.29, 0.717) is 21.6 Å². The Balaban J connectivity index is 2.18. The fourth-order valence-corrected chi connectivity index (χ4v) is 2.56. The Kier molecular flexibility index (Phi) is 4.82. The van der Waals surface area contributed by atoms with Gasteiger partial charge in [-0.05, 0) is 33.3 Å². The molecule has 1 atom stereocenters. The Hall–Kier alpha value is -2.96. The van der Waals surface area contributed by atoms with Crippen LogP contribution in [-0.4, -0.2) is 28.6 Å². The minimum absolute atomic E-state index is 0.139. The van der Waals surface area contributed by atoms with Gasteiger partial charge < -0.3 is 14.9 Å². The summed E-state index contributed by atoms with van der Waals surface area (Å²) in [5.41, 5.74) is 2.04. The lowest BCUT2D eigenvalue weighted by Gasteiger charge is -2.12. The first-order valence-electron chi connectivity index (χ1n) is 7.36. The number of hydrogen-bond donors (Lipinski definition) is 1. The third-order valence-electron chi connectivity index (χ3n) is 3.73. The molecule has 0 amide bonds. The van der Waals surface area contributed by atoms with Crippen molar-refractivity contribution in [2.75, 3.05) is 0 Å². The maximum absolute atomic E-state index is 12.5. The molecule has 0 fully saturated rings. The number of rotatable bonds is 5. The molecule has 7 heteroatoms. The third-order valence-corrected chi connectivity index (χ3v) is 3.73. The maximum atomic E-state index is 12.5. The number of aryl methyl sites for hydroxylation is 1. The van der Waals surface area contributed by atoms with Gasteiger partial charge in [0.2, 0.25) is 5.78 Å². The molecule has 0 bridgehead atoms. The van der Waals surface area contributed by atoms with Crippen LogP contribution in [0, 0.1) is 19.1 Å². The molecule has 0 aliphatic carbocycles. The lowest BCUT2D eigenvalue weighted by Crippen LogP contribution is -2.27. The summed E-state index contributed by atoms with van der Waals surface area (Å²) in [6, 6.07) is 2.62. The van der Waals surface area contributed by atoms with E-state index >= 15 is 0 Å². The summed E-state index contributed by atoms with van der Waals surface area (Å²) in [4.78, 5) is 39.0. The topological polar surface area (TPSA) is 103 Å². The zero-order chi connectivity index (χ0) is 18.0. The van der Waals surface area contributed by atoms with Crippen LogP contribution in [0.15, 0.2) is 24.5 Å². The number of aromatic amines is 1. The molecule has 7 nitrogen and oxygen atoms in total. The smallest absolute Gasteiger partial charge is 0.339 e. The van der Waals surface area contributed by atoms with E-state index in [-0.39, 0.29) is 17.0 Å². The van der Waals surface area contributed by atoms with Crippen LogP contribution < -0.4 is 4.73 Å². The second-order valence-corrected chi connectivity index (χ2v) is 5.54. The third kappa shape index (κ3) is 3.34. The number of carbonyl (C=O) groups excluding carboxylic acids is 3. The van der Waals surface area contributed by atoms with E-state index in [1.807, 2.05) is 0 Å². The predicted octanol–water partition coefficient (Wildman–Crippen LogP) is 1.90. The molecule has 126 valence electrons. The predicted molar refractivity (Wildman–Crippen MR) is 84.9 cm³/mol. The number of aromatic nitrogens is 2. The molecule has 24 heavy (non-hydrogen) atoms. The van der Waals surface area contributed by atoms with Crippen molar-refractivity contribution in [2.24, 2.45) is 0 Å². The molecule has 1 N–H and O–H groups in total. The number of ketones is 2. The van der Waals surface area contributed by atoms with Crippen molar-refractivity contribution in [1.29, 1.82) is 0 Å². The second-order valence-electron chi connectivity index (χ2n) is 5.54. The Labute approximate surface area is 138 Å². The number of ether oxygens (including phenoxy) is 1. The summed E-state index contributed by atoms with van der Waals surface area (Å²) in [5.74, 6) is -1.27. The van der Waals surface area contributed by atoms with E-state index in [4.69, 9.17) is 4.74 Å². The number of Topliss-reactive ketones (excluding diaryl/α,β-unsaturated/α-hetero) is 2. The number of nitrogens with one attached hydrogen (secondary N) is 1. The first-order chi connectivity index (χ1) is 11.2. The molecule has 0 saturated heterocycles. The first-order valence-corrected chi connectivity index (χ1v) is 7.36. The second kappa shape index (κ2) is 6.66. The van der Waals surface area contributed by atoms with Crippen molar-refractivity contribution in [3.63, 3.8) is 0 Å². The highest BCUT2D eigenvalue weighted by Crippen LogP contribution is 2.20. The highest BCUT2D eigenvalue weighted by atomic mass is 16.5. The monoisotopic (exact) mass is 330 g/mol. The van der Waals surface area contributed by atoms with Gasteiger partial charge in [-0.15, -0.1) is 0 Å².